The van der Waals surface area contributed by atoms with Crippen LogP contribution in [0, 0.1) is 5.92 Å². The zero-order valence-corrected chi connectivity index (χ0v) is 6.67. The molecule has 58 valence electrons. The highest BCUT2D eigenvalue weighted by Crippen LogP contribution is 2.24. The third kappa shape index (κ3) is 2.42. The van der Waals surface area contributed by atoms with Crippen LogP contribution in [0.2, 0.25) is 0 Å². The quantitative estimate of drug-likeness (QED) is 0.604. The van der Waals surface area contributed by atoms with Crippen LogP contribution >= 0.6 is 8.03 Å². The van der Waals surface area contributed by atoms with E-state index in [0.29, 0.717) is 0 Å². The van der Waals surface area contributed by atoms with Gasteiger partial charge in [0.1, 0.15) is 5.92 Å². The minimum atomic E-state index is -2.61. The number of rotatable bonds is 3. The summed E-state index contributed by atoms with van der Waals surface area (Å²) in [7, 11) is -2.61. The van der Waals surface area contributed by atoms with E-state index in [0.717, 1.165) is 0 Å². The van der Waals surface area contributed by atoms with Crippen molar-refractivity contribution in [1.82, 2.24) is 0 Å². The van der Waals surface area contributed by atoms with E-state index in [4.69, 9.17) is 5.11 Å². The zero-order valence-electron chi connectivity index (χ0n) is 5.77. The fourth-order valence-corrected chi connectivity index (χ4v) is 0.882. The second-order valence-corrected chi connectivity index (χ2v) is 3.54. The Balaban J connectivity index is 4.07. The van der Waals surface area contributed by atoms with Gasteiger partial charge >= 0.3 is 14.0 Å². The number of hydrogen-bond acceptors (Lipinski definition) is 3. The predicted molar refractivity (Wildman–Crippen MR) is 33.9 cm³/mol. The molecule has 3 atom stereocenters. The van der Waals surface area contributed by atoms with Crippen molar-refractivity contribution in [2.45, 2.75) is 19.5 Å². The van der Waals surface area contributed by atoms with Crippen molar-refractivity contribution in [3.63, 3.8) is 0 Å². The van der Waals surface area contributed by atoms with Gasteiger partial charge in [0.15, 0.2) is 5.66 Å². The molecule has 5 heteroatoms. The lowest BCUT2D eigenvalue weighted by atomic mass is 10.1. The Hall–Kier alpha value is -0.470. The Morgan fingerprint density at radius 2 is 2.00 bits per heavy atom. The molecule has 0 saturated heterocycles. The molecule has 10 heavy (non-hydrogen) atoms. The van der Waals surface area contributed by atoms with Gasteiger partial charge in [0.05, 0.1) is 0 Å². The van der Waals surface area contributed by atoms with Crippen LogP contribution in [0.5, 0.6) is 0 Å². The highest BCUT2D eigenvalue weighted by molar-refractivity contribution is 7.37. The molecule has 0 aliphatic rings. The van der Waals surface area contributed by atoms with E-state index in [1.165, 1.54) is 13.8 Å². The van der Waals surface area contributed by atoms with E-state index >= 15 is 0 Å². The van der Waals surface area contributed by atoms with Crippen molar-refractivity contribution in [3.8, 4) is 0 Å². The molecular weight excluding hydrogens is 155 g/mol. The lowest BCUT2D eigenvalue weighted by Crippen LogP contribution is -2.22. The van der Waals surface area contributed by atoms with Gasteiger partial charge in [-0.3, -0.25) is 4.79 Å². The van der Waals surface area contributed by atoms with Gasteiger partial charge in [-0.15, -0.1) is 0 Å². The van der Waals surface area contributed by atoms with Crippen LogP contribution in [0.4, 0.5) is 0 Å². The molecule has 0 heterocycles. The van der Waals surface area contributed by atoms with Crippen molar-refractivity contribution >= 4 is 14.0 Å². The molecule has 0 radical (unpaired) electrons. The largest absolute Gasteiger partial charge is 0.595 e. The second-order valence-electron chi connectivity index (χ2n) is 2.15. The van der Waals surface area contributed by atoms with Gasteiger partial charge in [-0.1, -0.05) is 4.57 Å². The maximum absolute atomic E-state index is 10.2. The lowest BCUT2D eigenvalue weighted by molar-refractivity contribution is -0.168. The first-order chi connectivity index (χ1) is 4.46. The second kappa shape index (κ2) is 3.64. The van der Waals surface area contributed by atoms with Crippen molar-refractivity contribution in [1.29, 1.82) is 0 Å². The van der Waals surface area contributed by atoms with Crippen molar-refractivity contribution in [3.05, 3.63) is 0 Å². The van der Waals surface area contributed by atoms with Crippen molar-refractivity contribution < 1.29 is 19.4 Å². The summed E-state index contributed by atoms with van der Waals surface area (Å²) in [6, 6.07) is 0. The van der Waals surface area contributed by atoms with Crippen LogP contribution in [0.25, 0.3) is 0 Å². The van der Waals surface area contributed by atoms with Crippen LogP contribution in [-0.4, -0.2) is 16.7 Å². The SMILES string of the molecule is CC(C(=O)O)C(C)[P+](=O)[O-]. The first-order valence-corrected chi connectivity index (χ1v) is 4.07. The molecule has 1 N–H and O–H groups in total. The minimum Gasteiger partial charge on any atom is -0.595 e. The number of carboxylic acid groups (broad SMARTS) is 1. The maximum Gasteiger partial charge on any atom is 0.312 e. The average Bonchev–Trinajstić information content (AvgIpc) is 1.84. The smallest absolute Gasteiger partial charge is 0.312 e. The van der Waals surface area contributed by atoms with E-state index in [9.17, 15) is 14.3 Å². The van der Waals surface area contributed by atoms with Gasteiger partial charge < -0.3 is 10.00 Å². The maximum atomic E-state index is 10.2. The normalized spacial score (nSPS) is 17.7. The molecule has 0 aromatic rings. The number of carbonyl (C=O) groups is 1. The molecule has 3 unspecified atom stereocenters. The molecule has 0 spiro atoms. The van der Waals surface area contributed by atoms with Crippen LogP contribution < -0.4 is 4.89 Å². The molecule has 0 aromatic heterocycles. The molecule has 4 nitrogen and oxygen atoms in total. The van der Waals surface area contributed by atoms with E-state index in [2.05, 4.69) is 0 Å². The van der Waals surface area contributed by atoms with Gasteiger partial charge in [-0.25, -0.2) is 0 Å². The van der Waals surface area contributed by atoms with E-state index in [-0.39, 0.29) is 0 Å². The minimum absolute atomic E-state index is 0.785. The number of carboxylic acids is 1. The zero-order chi connectivity index (χ0) is 8.31. The summed E-state index contributed by atoms with van der Waals surface area (Å²) >= 11 is 0. The summed E-state index contributed by atoms with van der Waals surface area (Å²) in [6.07, 6.45) is 0. The summed E-state index contributed by atoms with van der Waals surface area (Å²) in [5.74, 6) is -1.90. The molecule has 0 bridgehead atoms. The van der Waals surface area contributed by atoms with Gasteiger partial charge in [-0.2, -0.15) is 0 Å². The highest BCUT2D eigenvalue weighted by atomic mass is 31.1. The van der Waals surface area contributed by atoms with Crippen molar-refractivity contribution in [2.24, 2.45) is 5.92 Å². The molecule has 0 aromatic carbocycles. The Morgan fingerprint density at radius 1 is 1.60 bits per heavy atom. The summed E-state index contributed by atoms with van der Waals surface area (Å²) in [5, 5.41) is 8.33. The Morgan fingerprint density at radius 3 is 2.10 bits per heavy atom. The standard InChI is InChI=1S/C5H9O4P/c1-3(5(6)7)4(2)10(8)9/h3-4H,1-2H3,(H,6,7). The summed E-state index contributed by atoms with van der Waals surface area (Å²) < 4.78 is 10.2. The third-order valence-electron chi connectivity index (χ3n) is 1.45. The fourth-order valence-electron chi connectivity index (χ4n) is 0.389. The Labute approximate surface area is 59.7 Å². The molecule has 0 amide bonds. The lowest BCUT2D eigenvalue weighted by Gasteiger charge is -2.06. The topological polar surface area (TPSA) is 77.4 Å². The average molecular weight is 164 g/mol. The molecule has 0 aliphatic heterocycles. The molecule has 0 rings (SSSR count). The molecular formula is C5H9O4P. The van der Waals surface area contributed by atoms with E-state index in [1.807, 2.05) is 0 Å². The summed E-state index contributed by atoms with van der Waals surface area (Å²) in [4.78, 5) is 20.4. The number of aliphatic carboxylic acids is 1. The monoisotopic (exact) mass is 164 g/mol. The van der Waals surface area contributed by atoms with Gasteiger partial charge in [0.2, 0.25) is 0 Å². The number of hydrogen-bond donors (Lipinski definition) is 1. The van der Waals surface area contributed by atoms with Crippen LogP contribution in [-0.2, 0) is 9.36 Å². The third-order valence-corrected chi connectivity index (χ3v) is 2.56. The Kier molecular flexibility index (Phi) is 3.47. The van der Waals surface area contributed by atoms with Gasteiger partial charge in [0, 0.05) is 0 Å². The van der Waals surface area contributed by atoms with Crippen LogP contribution in [0.1, 0.15) is 13.8 Å². The Bertz CT molecular complexity index is 138. The molecule has 0 fully saturated rings. The summed E-state index contributed by atoms with van der Waals surface area (Å²) in [5.41, 5.74) is -0.785. The van der Waals surface area contributed by atoms with E-state index in [1.54, 1.807) is 0 Å². The van der Waals surface area contributed by atoms with Crippen LogP contribution in [0.15, 0.2) is 0 Å². The predicted octanol–water partition coefficient (Wildman–Crippen LogP) is 0.198. The first-order valence-electron chi connectivity index (χ1n) is 2.83. The van der Waals surface area contributed by atoms with E-state index < -0.39 is 25.6 Å². The highest BCUT2D eigenvalue weighted by Gasteiger charge is 2.28. The fraction of sp³-hybridized carbons (Fsp3) is 0.800. The first kappa shape index (κ1) is 9.53. The van der Waals surface area contributed by atoms with Gasteiger partial charge in [-0.05, 0) is 13.8 Å². The molecule has 0 aliphatic carbocycles. The van der Waals surface area contributed by atoms with Crippen molar-refractivity contribution in [2.75, 3.05) is 0 Å². The molecule has 0 saturated carbocycles. The summed E-state index contributed by atoms with van der Waals surface area (Å²) in [6.45, 7) is 2.75. The van der Waals surface area contributed by atoms with Crippen LogP contribution in [0.3, 0.4) is 0 Å². The van der Waals surface area contributed by atoms with Gasteiger partial charge in [0.25, 0.3) is 0 Å².